The van der Waals surface area contributed by atoms with E-state index in [2.05, 4.69) is 10.3 Å². The van der Waals surface area contributed by atoms with Crippen molar-refractivity contribution < 1.29 is 14.3 Å². The van der Waals surface area contributed by atoms with E-state index in [0.29, 0.717) is 16.6 Å². The molecule has 1 amide bonds. The summed E-state index contributed by atoms with van der Waals surface area (Å²) in [6.07, 6.45) is 0. The number of hydrogen-bond acceptors (Lipinski definition) is 6. The van der Waals surface area contributed by atoms with E-state index in [0.717, 1.165) is 16.1 Å². The summed E-state index contributed by atoms with van der Waals surface area (Å²) in [5.41, 5.74) is 1.93. The van der Waals surface area contributed by atoms with Crippen molar-refractivity contribution in [1.29, 1.82) is 0 Å². The molecule has 0 aliphatic carbocycles. The number of nitrogens with zero attached hydrogens (tertiary/aromatic N) is 1. The molecule has 0 saturated heterocycles. The van der Waals surface area contributed by atoms with Crippen molar-refractivity contribution in [3.63, 3.8) is 0 Å². The Hall–Kier alpha value is -2.38. The molecule has 0 spiro atoms. The van der Waals surface area contributed by atoms with Gasteiger partial charge in [0.1, 0.15) is 0 Å². The van der Waals surface area contributed by atoms with E-state index in [1.54, 1.807) is 24.5 Å². The molecular weight excluding hydrogens is 344 g/mol. The zero-order valence-corrected chi connectivity index (χ0v) is 14.9. The smallest absolute Gasteiger partial charge is 0.264 e. The van der Waals surface area contributed by atoms with E-state index < -0.39 is 0 Å². The third-order valence-corrected chi connectivity index (χ3v) is 4.85. The maximum atomic E-state index is 12.0. The van der Waals surface area contributed by atoms with Crippen LogP contribution in [-0.4, -0.2) is 24.6 Å². The van der Waals surface area contributed by atoms with E-state index in [1.807, 2.05) is 41.9 Å². The third kappa shape index (κ3) is 3.93. The topological polar surface area (TPSA) is 60.5 Å². The number of amides is 1. The fraction of sp³-hybridized carbons (Fsp3) is 0.176. The number of aryl methyl sites for hydroxylation is 1. The molecule has 0 unspecified atom stereocenters. The van der Waals surface area contributed by atoms with Crippen molar-refractivity contribution in [1.82, 2.24) is 4.98 Å². The van der Waals surface area contributed by atoms with Crippen LogP contribution in [-0.2, 0) is 4.79 Å². The Morgan fingerprint density at radius 3 is 2.88 bits per heavy atom. The van der Waals surface area contributed by atoms with Gasteiger partial charge in [0.25, 0.3) is 5.91 Å². The summed E-state index contributed by atoms with van der Waals surface area (Å²) in [6.45, 7) is 1.86. The number of rotatable bonds is 6. The van der Waals surface area contributed by atoms with Crippen LogP contribution in [0.5, 0.6) is 11.5 Å². The Morgan fingerprint density at radius 1 is 1.25 bits per heavy atom. The molecule has 5 nitrogen and oxygen atoms in total. The number of hydrogen-bond donors (Lipinski definition) is 1. The number of thiophene rings is 1. The van der Waals surface area contributed by atoms with Gasteiger partial charge in [-0.15, -0.1) is 22.7 Å². The fourth-order valence-corrected chi connectivity index (χ4v) is 3.55. The highest BCUT2D eigenvalue weighted by molar-refractivity contribution is 7.16. The second-order valence-electron chi connectivity index (χ2n) is 5.01. The zero-order chi connectivity index (χ0) is 16.9. The van der Waals surface area contributed by atoms with Crippen LogP contribution in [0.3, 0.4) is 0 Å². The first-order valence-corrected chi connectivity index (χ1v) is 8.98. The molecule has 3 aromatic rings. The van der Waals surface area contributed by atoms with Gasteiger partial charge in [-0.05, 0) is 36.1 Å². The highest BCUT2D eigenvalue weighted by Crippen LogP contribution is 2.29. The summed E-state index contributed by atoms with van der Waals surface area (Å²) >= 11 is 3.00. The van der Waals surface area contributed by atoms with Crippen molar-refractivity contribution in [3.8, 4) is 22.1 Å². The maximum Gasteiger partial charge on any atom is 0.264 e. The number of benzene rings is 1. The molecule has 7 heteroatoms. The molecular formula is C17H16N2O3S2. The van der Waals surface area contributed by atoms with E-state index in [9.17, 15) is 4.79 Å². The highest BCUT2D eigenvalue weighted by Gasteiger charge is 2.11. The molecule has 0 radical (unpaired) electrons. The predicted molar refractivity (Wildman–Crippen MR) is 97.3 cm³/mol. The van der Waals surface area contributed by atoms with Crippen LogP contribution in [0.25, 0.3) is 10.6 Å². The largest absolute Gasteiger partial charge is 0.493 e. The Labute approximate surface area is 147 Å². The number of carbonyl (C=O) groups excluding carboxylic acids is 1. The van der Waals surface area contributed by atoms with Crippen LogP contribution >= 0.6 is 22.7 Å². The lowest BCUT2D eigenvalue weighted by Gasteiger charge is -2.10. The van der Waals surface area contributed by atoms with E-state index in [1.165, 1.54) is 11.3 Å². The quantitative estimate of drug-likeness (QED) is 0.715. The standard InChI is InChI=1S/C17H16N2O3S2/c1-11-5-6-13(14(8-11)21-2)22-9-16(20)19-17-18-12(10-24-17)15-4-3-7-23-15/h3-8,10H,9H2,1-2H3,(H,18,19,20). The van der Waals surface area contributed by atoms with Crippen molar-refractivity contribution in [3.05, 3.63) is 46.7 Å². The lowest BCUT2D eigenvalue weighted by atomic mass is 10.2. The van der Waals surface area contributed by atoms with Crippen LogP contribution in [0, 0.1) is 6.92 Å². The molecule has 0 fully saturated rings. The zero-order valence-electron chi connectivity index (χ0n) is 13.2. The van der Waals surface area contributed by atoms with Crippen molar-refractivity contribution in [2.24, 2.45) is 0 Å². The fourth-order valence-electron chi connectivity index (χ4n) is 2.06. The number of methoxy groups -OCH3 is 1. The average molecular weight is 360 g/mol. The van der Waals surface area contributed by atoms with Gasteiger partial charge in [-0.25, -0.2) is 4.98 Å². The molecule has 0 bridgehead atoms. The molecule has 0 saturated carbocycles. The number of anilines is 1. The van der Waals surface area contributed by atoms with Crippen molar-refractivity contribution in [2.45, 2.75) is 6.92 Å². The number of carbonyl (C=O) groups is 1. The molecule has 24 heavy (non-hydrogen) atoms. The van der Waals surface area contributed by atoms with Crippen LogP contribution in [0.15, 0.2) is 41.1 Å². The average Bonchev–Trinajstić information content (AvgIpc) is 3.24. The normalized spacial score (nSPS) is 10.4. The van der Waals surface area contributed by atoms with Crippen LogP contribution < -0.4 is 14.8 Å². The molecule has 2 heterocycles. The molecule has 0 aliphatic heterocycles. The highest BCUT2D eigenvalue weighted by atomic mass is 32.1. The second-order valence-corrected chi connectivity index (χ2v) is 6.81. The summed E-state index contributed by atoms with van der Waals surface area (Å²) in [6, 6.07) is 9.53. The molecule has 2 aromatic heterocycles. The number of aromatic nitrogens is 1. The Balaban J connectivity index is 1.58. The number of nitrogens with one attached hydrogen (secondary N) is 1. The Morgan fingerprint density at radius 2 is 2.12 bits per heavy atom. The van der Waals surface area contributed by atoms with Crippen LogP contribution in [0.4, 0.5) is 5.13 Å². The Bertz CT molecular complexity index is 828. The maximum absolute atomic E-state index is 12.0. The first-order valence-electron chi connectivity index (χ1n) is 7.22. The lowest BCUT2D eigenvalue weighted by Crippen LogP contribution is -2.20. The summed E-state index contributed by atoms with van der Waals surface area (Å²) in [5, 5.41) is 7.23. The van der Waals surface area contributed by atoms with Gasteiger partial charge in [0.2, 0.25) is 0 Å². The summed E-state index contributed by atoms with van der Waals surface area (Å²) in [4.78, 5) is 17.5. The monoisotopic (exact) mass is 360 g/mol. The summed E-state index contributed by atoms with van der Waals surface area (Å²) in [5.74, 6) is 0.887. The third-order valence-electron chi connectivity index (χ3n) is 3.20. The lowest BCUT2D eigenvalue weighted by molar-refractivity contribution is -0.118. The SMILES string of the molecule is COc1cc(C)ccc1OCC(=O)Nc1nc(-c2cccs2)cs1. The molecule has 124 valence electrons. The number of ether oxygens (including phenoxy) is 2. The Kier molecular flexibility index (Phi) is 5.12. The molecule has 1 aromatic carbocycles. The second kappa shape index (κ2) is 7.46. The van der Waals surface area contributed by atoms with Gasteiger partial charge in [0.15, 0.2) is 23.2 Å². The minimum Gasteiger partial charge on any atom is -0.493 e. The van der Waals surface area contributed by atoms with Gasteiger partial charge < -0.3 is 9.47 Å². The van der Waals surface area contributed by atoms with Gasteiger partial charge in [0, 0.05) is 5.38 Å². The molecule has 1 N–H and O–H groups in total. The van der Waals surface area contributed by atoms with Crippen LogP contribution in [0.1, 0.15) is 5.56 Å². The summed E-state index contributed by atoms with van der Waals surface area (Å²) in [7, 11) is 1.57. The first-order chi connectivity index (χ1) is 11.7. The summed E-state index contributed by atoms with van der Waals surface area (Å²) < 4.78 is 10.8. The predicted octanol–water partition coefficient (Wildman–Crippen LogP) is 4.21. The molecule has 0 atom stereocenters. The number of thiazole rings is 1. The first kappa shape index (κ1) is 16.5. The molecule has 3 rings (SSSR count). The van der Waals surface area contributed by atoms with Gasteiger partial charge in [-0.2, -0.15) is 0 Å². The van der Waals surface area contributed by atoms with Gasteiger partial charge in [-0.1, -0.05) is 12.1 Å². The minimum atomic E-state index is -0.260. The molecule has 0 aliphatic rings. The van der Waals surface area contributed by atoms with Gasteiger partial charge in [0.05, 0.1) is 17.7 Å². The van der Waals surface area contributed by atoms with Crippen molar-refractivity contribution in [2.75, 3.05) is 19.0 Å². The minimum absolute atomic E-state index is 0.104. The van der Waals surface area contributed by atoms with Gasteiger partial charge in [-0.3, -0.25) is 10.1 Å². The van der Waals surface area contributed by atoms with E-state index in [4.69, 9.17) is 9.47 Å². The van der Waals surface area contributed by atoms with Gasteiger partial charge >= 0.3 is 0 Å². The van der Waals surface area contributed by atoms with E-state index >= 15 is 0 Å². The van der Waals surface area contributed by atoms with Crippen LogP contribution in [0.2, 0.25) is 0 Å². The van der Waals surface area contributed by atoms with Crippen molar-refractivity contribution >= 4 is 33.7 Å². The van der Waals surface area contributed by atoms with E-state index in [-0.39, 0.29) is 12.5 Å².